The molecular weight excluding hydrogens is 455 g/mol. The van der Waals surface area contributed by atoms with Crippen LogP contribution in [0.2, 0.25) is 0 Å². The minimum absolute atomic E-state index is 0. The Labute approximate surface area is 183 Å². The summed E-state index contributed by atoms with van der Waals surface area (Å²) < 4.78 is 8.87. The molecule has 7 heteroatoms. The molecule has 156 valence electrons. The molecule has 0 amide bonds. The zero-order valence-corrected chi connectivity index (χ0v) is 20.6. The molecule has 0 fully saturated rings. The molecule has 0 aliphatic rings. The smallest absolute Gasteiger partial charge is 0.875 e. The molecule has 0 aromatic carbocycles. The minimum atomic E-state index is -0.565. The average Bonchev–Trinajstić information content (AvgIpc) is 2.55. The molecule has 0 saturated heterocycles. The first-order chi connectivity index (χ1) is 12.2. The third-order valence-electron chi connectivity index (χ3n) is 1.92. The fraction of sp³-hybridized carbons (Fsp3) is 0.600. The van der Waals surface area contributed by atoms with E-state index in [2.05, 4.69) is 37.2 Å². The summed E-state index contributed by atoms with van der Waals surface area (Å²) in [5.74, 6) is -1.70. The van der Waals surface area contributed by atoms with E-state index in [1.807, 2.05) is 0 Å². The van der Waals surface area contributed by atoms with Crippen LogP contribution in [-0.2, 0) is 19.1 Å². The summed E-state index contributed by atoms with van der Waals surface area (Å²) in [6.07, 6.45) is 6.40. The van der Waals surface area contributed by atoms with Crippen molar-refractivity contribution < 1.29 is 29.3 Å². The Balaban J connectivity index is -0.0000000843. The van der Waals surface area contributed by atoms with Crippen LogP contribution in [0.15, 0.2) is 23.7 Å². The van der Waals surface area contributed by atoms with E-state index in [0.717, 1.165) is 25.0 Å². The Kier molecular flexibility index (Phi) is 44.1. The Bertz CT molecular complexity index is 331. The van der Waals surface area contributed by atoms with Crippen molar-refractivity contribution in [1.29, 1.82) is 0 Å². The van der Waals surface area contributed by atoms with Crippen LogP contribution >= 0.6 is 0 Å². The number of ether oxygens (including phenoxy) is 2. The second kappa shape index (κ2) is 32.5. The van der Waals surface area contributed by atoms with Crippen LogP contribution in [0.1, 0.15) is 67.2 Å². The number of unbranched alkanes of at least 4 members (excludes halogenated alkanes) is 2. The van der Waals surface area contributed by atoms with E-state index in [0.29, 0.717) is 13.2 Å². The van der Waals surface area contributed by atoms with Gasteiger partial charge in [0.05, 0.1) is 13.2 Å². The Hall–Kier alpha value is -1.18. The molecule has 0 N–H and O–H groups in total. The zero-order valence-electron chi connectivity index (χ0n) is 17.8. The van der Waals surface area contributed by atoms with Gasteiger partial charge >= 0.3 is 35.8 Å². The SMILES string of the molecule is CCOC(=O)C=C(C)[O-].CCOC(=O)C=C(C)[O-].[CH2]CCC.[CH2]CCC.[Sn+2]. The van der Waals surface area contributed by atoms with E-state index < -0.39 is 11.9 Å². The van der Waals surface area contributed by atoms with Crippen molar-refractivity contribution in [3.05, 3.63) is 37.5 Å². The Morgan fingerprint density at radius 2 is 1.00 bits per heavy atom. The van der Waals surface area contributed by atoms with E-state index in [4.69, 9.17) is 0 Å². The van der Waals surface area contributed by atoms with Gasteiger partial charge in [-0.3, -0.25) is 0 Å². The maximum Gasteiger partial charge on any atom is 2.00 e. The van der Waals surface area contributed by atoms with Crippen molar-refractivity contribution in [1.82, 2.24) is 0 Å². The van der Waals surface area contributed by atoms with E-state index in [9.17, 15) is 19.8 Å². The van der Waals surface area contributed by atoms with Crippen LogP contribution in [0.25, 0.3) is 0 Å². The molecule has 27 heavy (non-hydrogen) atoms. The molecule has 0 atom stereocenters. The van der Waals surface area contributed by atoms with Gasteiger partial charge in [-0.15, -0.1) is 11.5 Å². The number of carbonyl (C=O) groups excluding carboxylic acids is 2. The molecule has 0 spiro atoms. The molecule has 6 nitrogen and oxygen atoms in total. The molecular formula is C20H36O6Sn. The van der Waals surface area contributed by atoms with Gasteiger partial charge in [-0.2, -0.15) is 0 Å². The summed E-state index contributed by atoms with van der Waals surface area (Å²) in [5.41, 5.74) is 0. The zero-order chi connectivity index (χ0) is 21.4. The Morgan fingerprint density at radius 1 is 0.778 bits per heavy atom. The topological polar surface area (TPSA) is 98.7 Å². The quantitative estimate of drug-likeness (QED) is 0.245. The van der Waals surface area contributed by atoms with Gasteiger partial charge in [-0.1, -0.05) is 67.2 Å². The summed E-state index contributed by atoms with van der Waals surface area (Å²) in [4.78, 5) is 20.7. The predicted molar refractivity (Wildman–Crippen MR) is 107 cm³/mol. The van der Waals surface area contributed by atoms with Gasteiger partial charge in [0.15, 0.2) is 0 Å². The van der Waals surface area contributed by atoms with Gasteiger partial charge < -0.3 is 19.7 Å². The van der Waals surface area contributed by atoms with Crippen molar-refractivity contribution in [2.45, 2.75) is 67.2 Å². The van der Waals surface area contributed by atoms with E-state index in [1.54, 1.807) is 13.8 Å². The van der Waals surface area contributed by atoms with Crippen molar-refractivity contribution in [2.24, 2.45) is 0 Å². The molecule has 0 aliphatic carbocycles. The van der Waals surface area contributed by atoms with Crippen LogP contribution in [0.5, 0.6) is 0 Å². The molecule has 0 unspecified atom stereocenters. The normalized spacial score (nSPS) is 9.63. The first-order valence-electron chi connectivity index (χ1n) is 8.79. The maximum absolute atomic E-state index is 10.4. The fourth-order valence-electron chi connectivity index (χ4n) is 0.700. The van der Waals surface area contributed by atoms with Crippen molar-refractivity contribution >= 4 is 35.8 Å². The number of rotatable bonds is 6. The second-order valence-corrected chi connectivity index (χ2v) is 4.72. The van der Waals surface area contributed by atoms with Crippen LogP contribution in [-0.4, -0.2) is 49.1 Å². The van der Waals surface area contributed by atoms with Crippen LogP contribution in [0, 0.1) is 13.8 Å². The number of esters is 2. The molecule has 0 aromatic rings. The maximum atomic E-state index is 10.4. The molecule has 0 heterocycles. The third-order valence-corrected chi connectivity index (χ3v) is 1.92. The van der Waals surface area contributed by atoms with Crippen LogP contribution < -0.4 is 10.2 Å². The van der Waals surface area contributed by atoms with Gasteiger partial charge in [-0.25, -0.2) is 9.59 Å². The minimum Gasteiger partial charge on any atom is -0.875 e. The van der Waals surface area contributed by atoms with E-state index in [1.165, 1.54) is 26.7 Å². The van der Waals surface area contributed by atoms with E-state index >= 15 is 0 Å². The van der Waals surface area contributed by atoms with Crippen molar-refractivity contribution in [3.8, 4) is 0 Å². The van der Waals surface area contributed by atoms with E-state index in [-0.39, 0.29) is 35.4 Å². The van der Waals surface area contributed by atoms with Crippen molar-refractivity contribution in [3.63, 3.8) is 0 Å². The average molecular weight is 491 g/mol. The van der Waals surface area contributed by atoms with Crippen LogP contribution in [0.3, 0.4) is 0 Å². The molecule has 4 radical (unpaired) electrons. The Morgan fingerprint density at radius 3 is 1.11 bits per heavy atom. The predicted octanol–water partition coefficient (Wildman–Crippen LogP) is 2.49. The van der Waals surface area contributed by atoms with Crippen molar-refractivity contribution in [2.75, 3.05) is 13.2 Å². The molecule has 0 bridgehead atoms. The number of allylic oxidation sites excluding steroid dienone is 2. The first kappa shape index (κ1) is 36.7. The van der Waals surface area contributed by atoms with Gasteiger partial charge in [-0.05, 0) is 13.8 Å². The number of carbonyl (C=O) groups is 2. The fourth-order valence-corrected chi connectivity index (χ4v) is 0.700. The van der Waals surface area contributed by atoms with Gasteiger partial charge in [0.25, 0.3) is 0 Å². The standard InChI is InChI=1S/2C6H10O3.2C4H9.Sn/c2*1-3-9-6(8)4-5(2)7;2*1-3-4-2;/h2*4,7H,3H2,1-2H3;2*1,3-4H2,2H3;/q;;;;+2/p-2. The monoisotopic (exact) mass is 492 g/mol. The summed E-state index contributed by atoms with van der Waals surface area (Å²) in [5, 5.41) is 20.3. The van der Waals surface area contributed by atoms with Gasteiger partial charge in [0.2, 0.25) is 0 Å². The number of hydrogen-bond acceptors (Lipinski definition) is 6. The third kappa shape index (κ3) is 58.8. The summed E-state index contributed by atoms with van der Waals surface area (Å²) in [6, 6.07) is 0. The van der Waals surface area contributed by atoms with Crippen LogP contribution in [0.4, 0.5) is 0 Å². The molecule has 0 rings (SSSR count). The molecule has 0 saturated carbocycles. The second-order valence-electron chi connectivity index (χ2n) is 4.72. The largest absolute Gasteiger partial charge is 2.00 e. The summed E-state index contributed by atoms with van der Waals surface area (Å²) in [6.45, 7) is 18.0. The van der Waals surface area contributed by atoms with Gasteiger partial charge in [0, 0.05) is 12.2 Å². The first-order valence-corrected chi connectivity index (χ1v) is 8.79. The molecule has 0 aliphatic heterocycles. The van der Waals surface area contributed by atoms with Gasteiger partial charge in [0.1, 0.15) is 0 Å². The summed E-state index contributed by atoms with van der Waals surface area (Å²) in [7, 11) is 0. The molecule has 0 aromatic heterocycles. The number of hydrogen-bond donors (Lipinski definition) is 0. The summed E-state index contributed by atoms with van der Waals surface area (Å²) >= 11 is 0.